The van der Waals surface area contributed by atoms with Crippen LogP contribution in [0.2, 0.25) is 0 Å². The second kappa shape index (κ2) is 8.82. The summed E-state index contributed by atoms with van der Waals surface area (Å²) in [5.74, 6) is -0.490. The van der Waals surface area contributed by atoms with Crippen molar-refractivity contribution < 1.29 is 9.59 Å². The Bertz CT molecular complexity index is 1290. The van der Waals surface area contributed by atoms with Crippen molar-refractivity contribution in [1.29, 1.82) is 0 Å². The van der Waals surface area contributed by atoms with Crippen molar-refractivity contribution >= 4 is 28.8 Å². The molecular formula is C29H29N3O2. The van der Waals surface area contributed by atoms with Crippen molar-refractivity contribution in [3.8, 4) is 0 Å². The predicted molar refractivity (Wildman–Crippen MR) is 137 cm³/mol. The zero-order chi connectivity index (χ0) is 23.8. The molecular weight excluding hydrogens is 422 g/mol. The molecule has 0 spiro atoms. The number of rotatable bonds is 4. The lowest BCUT2D eigenvalue weighted by Crippen LogP contribution is -2.48. The quantitative estimate of drug-likeness (QED) is 0.539. The van der Waals surface area contributed by atoms with E-state index in [9.17, 15) is 9.59 Å². The molecule has 0 saturated carbocycles. The van der Waals surface area contributed by atoms with Crippen molar-refractivity contribution in [1.82, 2.24) is 4.90 Å². The summed E-state index contributed by atoms with van der Waals surface area (Å²) in [5, 5.41) is 0. The van der Waals surface area contributed by atoms with Crippen molar-refractivity contribution in [2.45, 2.75) is 20.8 Å². The van der Waals surface area contributed by atoms with Crippen LogP contribution in [-0.2, 0) is 9.59 Å². The molecule has 0 bridgehead atoms. The molecule has 1 fully saturated rings. The first kappa shape index (κ1) is 22.0. The van der Waals surface area contributed by atoms with Gasteiger partial charge in [0.05, 0.1) is 11.3 Å². The second-order valence-corrected chi connectivity index (χ2v) is 9.01. The molecule has 2 amide bonds. The first-order valence-corrected chi connectivity index (χ1v) is 11.8. The molecule has 5 rings (SSSR count). The van der Waals surface area contributed by atoms with E-state index in [1.807, 2.05) is 61.5 Å². The van der Waals surface area contributed by atoms with E-state index in [-0.39, 0.29) is 11.8 Å². The van der Waals surface area contributed by atoms with Gasteiger partial charge in [-0.1, -0.05) is 60.7 Å². The lowest BCUT2D eigenvalue weighted by molar-refractivity contribution is -0.120. The topological polar surface area (TPSA) is 43.9 Å². The number of anilines is 2. The molecule has 3 aromatic rings. The summed E-state index contributed by atoms with van der Waals surface area (Å²) < 4.78 is 0. The van der Waals surface area contributed by atoms with E-state index in [0.717, 1.165) is 24.2 Å². The molecule has 5 heteroatoms. The van der Waals surface area contributed by atoms with Gasteiger partial charge in [0.25, 0.3) is 11.8 Å². The number of imide groups is 1. The number of hydrogen-bond donors (Lipinski definition) is 0. The highest BCUT2D eigenvalue weighted by Gasteiger charge is 2.43. The highest BCUT2D eigenvalue weighted by atomic mass is 16.2. The highest BCUT2D eigenvalue weighted by Crippen LogP contribution is 2.36. The Morgan fingerprint density at radius 3 is 1.88 bits per heavy atom. The van der Waals surface area contributed by atoms with Crippen LogP contribution < -0.4 is 9.80 Å². The average Bonchev–Trinajstić information content (AvgIpc) is 3.12. The molecule has 0 N–H and O–H groups in total. The van der Waals surface area contributed by atoms with Crippen LogP contribution in [0.5, 0.6) is 0 Å². The number of carbonyl (C=O) groups is 2. The van der Waals surface area contributed by atoms with Gasteiger partial charge in [-0.25, -0.2) is 4.90 Å². The van der Waals surface area contributed by atoms with Gasteiger partial charge in [-0.15, -0.1) is 0 Å². The summed E-state index contributed by atoms with van der Waals surface area (Å²) in [7, 11) is 0. The molecule has 0 aliphatic carbocycles. The molecule has 0 radical (unpaired) electrons. The molecule has 0 unspecified atom stereocenters. The minimum atomic E-state index is -0.252. The Morgan fingerprint density at radius 1 is 0.588 bits per heavy atom. The normalized spacial score (nSPS) is 16.6. The second-order valence-electron chi connectivity index (χ2n) is 9.01. The van der Waals surface area contributed by atoms with Crippen LogP contribution >= 0.6 is 0 Å². The van der Waals surface area contributed by atoms with E-state index < -0.39 is 0 Å². The SMILES string of the molecule is Cc1ccccc1N1C(=O)C(c2ccccc2)=C(N2CCN(c3cccc(C)c3C)CC2)C1=O. The average molecular weight is 452 g/mol. The van der Waals surface area contributed by atoms with Crippen LogP contribution in [0.25, 0.3) is 5.57 Å². The van der Waals surface area contributed by atoms with Crippen LogP contribution in [0.3, 0.4) is 0 Å². The minimum Gasteiger partial charge on any atom is -0.368 e. The first-order valence-electron chi connectivity index (χ1n) is 11.8. The Morgan fingerprint density at radius 2 is 1.18 bits per heavy atom. The number of hydrogen-bond acceptors (Lipinski definition) is 4. The van der Waals surface area contributed by atoms with E-state index in [1.165, 1.54) is 21.7 Å². The van der Waals surface area contributed by atoms with Crippen molar-refractivity contribution in [3.63, 3.8) is 0 Å². The number of benzene rings is 3. The highest BCUT2D eigenvalue weighted by molar-refractivity contribution is 6.45. The maximum absolute atomic E-state index is 13.8. The van der Waals surface area contributed by atoms with E-state index in [1.54, 1.807) is 0 Å². The number of nitrogens with zero attached hydrogens (tertiary/aromatic N) is 3. The fourth-order valence-corrected chi connectivity index (χ4v) is 4.96. The van der Waals surface area contributed by atoms with Crippen LogP contribution in [0.15, 0.2) is 78.5 Å². The molecule has 3 aromatic carbocycles. The third-order valence-electron chi connectivity index (χ3n) is 6.99. The number of amides is 2. The monoisotopic (exact) mass is 451 g/mol. The third-order valence-corrected chi connectivity index (χ3v) is 6.99. The van der Waals surface area contributed by atoms with E-state index in [0.29, 0.717) is 30.0 Å². The van der Waals surface area contributed by atoms with Gasteiger partial charge in [-0.05, 0) is 55.2 Å². The lowest BCUT2D eigenvalue weighted by atomic mass is 10.0. The van der Waals surface area contributed by atoms with Crippen LogP contribution in [-0.4, -0.2) is 42.9 Å². The zero-order valence-electron chi connectivity index (χ0n) is 19.9. The predicted octanol–water partition coefficient (Wildman–Crippen LogP) is 4.72. The largest absolute Gasteiger partial charge is 0.368 e. The maximum Gasteiger partial charge on any atom is 0.282 e. The fourth-order valence-electron chi connectivity index (χ4n) is 4.96. The van der Waals surface area contributed by atoms with Crippen molar-refractivity contribution in [2.24, 2.45) is 0 Å². The van der Waals surface area contributed by atoms with Crippen LogP contribution in [0.1, 0.15) is 22.3 Å². The van der Waals surface area contributed by atoms with Gasteiger partial charge in [0, 0.05) is 31.9 Å². The molecule has 2 heterocycles. The fraction of sp³-hybridized carbons (Fsp3) is 0.241. The summed E-state index contributed by atoms with van der Waals surface area (Å²) in [5.41, 5.74) is 7.15. The van der Waals surface area contributed by atoms with Gasteiger partial charge in [-0.3, -0.25) is 9.59 Å². The third kappa shape index (κ3) is 3.67. The molecule has 34 heavy (non-hydrogen) atoms. The molecule has 172 valence electrons. The van der Waals surface area contributed by atoms with E-state index >= 15 is 0 Å². The standard InChI is InChI=1S/C29H29N3O2/c1-20-11-9-15-25(22(20)3)30-16-18-31(19-17-30)27-26(23-12-5-4-6-13-23)28(33)32(29(27)34)24-14-8-7-10-21(24)2/h4-15H,16-19H2,1-3H3. The van der Waals surface area contributed by atoms with Crippen LogP contribution in [0, 0.1) is 20.8 Å². The van der Waals surface area contributed by atoms with Crippen molar-refractivity contribution in [2.75, 3.05) is 36.0 Å². The molecule has 0 aromatic heterocycles. The first-order chi connectivity index (χ1) is 16.5. The molecule has 2 aliphatic heterocycles. The van der Waals surface area contributed by atoms with Crippen molar-refractivity contribution in [3.05, 3.63) is 101 Å². The summed E-state index contributed by atoms with van der Waals surface area (Å²) in [6, 6.07) is 23.5. The molecule has 2 aliphatic rings. The Labute approximate surface area is 200 Å². The van der Waals surface area contributed by atoms with Gasteiger partial charge in [0.15, 0.2) is 0 Å². The molecule has 0 atom stereocenters. The Balaban J connectivity index is 1.50. The van der Waals surface area contributed by atoms with Crippen LogP contribution in [0.4, 0.5) is 11.4 Å². The lowest BCUT2D eigenvalue weighted by Gasteiger charge is -2.38. The summed E-state index contributed by atoms with van der Waals surface area (Å²) in [6.07, 6.45) is 0. The van der Waals surface area contributed by atoms with Gasteiger partial charge >= 0.3 is 0 Å². The summed E-state index contributed by atoms with van der Waals surface area (Å²) in [6.45, 7) is 9.17. The van der Waals surface area contributed by atoms with Gasteiger partial charge < -0.3 is 9.80 Å². The van der Waals surface area contributed by atoms with Gasteiger partial charge in [0.2, 0.25) is 0 Å². The van der Waals surface area contributed by atoms with E-state index in [4.69, 9.17) is 0 Å². The van der Waals surface area contributed by atoms with E-state index in [2.05, 4.69) is 41.8 Å². The molecule has 1 saturated heterocycles. The zero-order valence-corrected chi connectivity index (χ0v) is 19.9. The number of aryl methyl sites for hydroxylation is 2. The molecule has 5 nitrogen and oxygen atoms in total. The Kier molecular flexibility index (Phi) is 5.70. The summed E-state index contributed by atoms with van der Waals surface area (Å²) >= 11 is 0. The maximum atomic E-state index is 13.8. The van der Waals surface area contributed by atoms with Gasteiger partial charge in [0.1, 0.15) is 5.70 Å². The minimum absolute atomic E-state index is 0.238. The Hall–Kier alpha value is -3.86. The summed E-state index contributed by atoms with van der Waals surface area (Å²) in [4.78, 5) is 33.3. The number of para-hydroxylation sites is 1. The van der Waals surface area contributed by atoms with Gasteiger partial charge in [-0.2, -0.15) is 0 Å². The number of piperazine rings is 1. The smallest absolute Gasteiger partial charge is 0.282 e. The number of carbonyl (C=O) groups excluding carboxylic acids is 2.